The van der Waals surface area contributed by atoms with Crippen LogP contribution < -0.4 is 10.6 Å². The number of rotatable bonds is 7. The number of methoxy groups -OCH3 is 1. The number of nitrogens with one attached hydrogen (secondary N) is 2. The molecule has 1 aliphatic carbocycles. The molecule has 1 rings (SSSR count). The van der Waals surface area contributed by atoms with Crippen molar-refractivity contribution in [3.05, 3.63) is 0 Å². The second kappa shape index (κ2) is 7.84. The molecule has 1 saturated carbocycles. The molecule has 0 aromatic carbocycles. The zero-order chi connectivity index (χ0) is 15.1. The quantitative estimate of drug-likeness (QED) is 0.560. The Morgan fingerprint density at radius 3 is 2.50 bits per heavy atom. The largest absolute Gasteiger partial charge is 0.481 e. The van der Waals surface area contributed by atoms with Crippen molar-refractivity contribution in [1.29, 1.82) is 0 Å². The lowest BCUT2D eigenvalue weighted by Gasteiger charge is -2.16. The van der Waals surface area contributed by atoms with Crippen LogP contribution in [0.4, 0.5) is 0 Å². The smallest absolute Gasteiger partial charge is 0.306 e. The van der Waals surface area contributed by atoms with E-state index >= 15 is 0 Å². The van der Waals surface area contributed by atoms with E-state index in [1.165, 1.54) is 7.11 Å². The normalized spacial score (nSPS) is 23.1. The summed E-state index contributed by atoms with van der Waals surface area (Å²) in [7, 11) is 1.54. The van der Waals surface area contributed by atoms with Gasteiger partial charge in [0.25, 0.3) is 0 Å². The first kappa shape index (κ1) is 16.4. The van der Waals surface area contributed by atoms with Crippen LogP contribution >= 0.6 is 0 Å². The van der Waals surface area contributed by atoms with E-state index in [0.29, 0.717) is 32.4 Å². The first-order valence-corrected chi connectivity index (χ1v) is 6.75. The maximum absolute atomic E-state index is 11.9. The molecule has 1 fully saturated rings. The number of hydrogen-bond acceptors (Lipinski definition) is 4. The average molecular weight is 286 g/mol. The van der Waals surface area contributed by atoms with Gasteiger partial charge in [0, 0.05) is 19.6 Å². The zero-order valence-electron chi connectivity index (χ0n) is 11.8. The second-order valence-electron chi connectivity index (χ2n) is 5.06. The molecule has 0 aromatic rings. The number of hydrogen-bond donors (Lipinski definition) is 3. The summed E-state index contributed by atoms with van der Waals surface area (Å²) in [6, 6.07) is -0.636. The molecule has 0 radical (unpaired) electrons. The lowest BCUT2D eigenvalue weighted by Crippen LogP contribution is -2.47. The molecule has 1 unspecified atom stereocenters. The Morgan fingerprint density at radius 2 is 1.95 bits per heavy atom. The molecule has 0 heterocycles. The van der Waals surface area contributed by atoms with E-state index in [-0.39, 0.29) is 17.7 Å². The van der Waals surface area contributed by atoms with Crippen LogP contribution in [0.25, 0.3) is 0 Å². The van der Waals surface area contributed by atoms with Gasteiger partial charge in [-0.05, 0) is 26.2 Å². The number of carbonyl (C=O) groups is 3. The molecule has 114 valence electrons. The summed E-state index contributed by atoms with van der Waals surface area (Å²) in [6.45, 7) is 2.40. The third kappa shape index (κ3) is 4.80. The van der Waals surface area contributed by atoms with Crippen LogP contribution in [0.15, 0.2) is 0 Å². The number of ether oxygens (including phenoxy) is 1. The maximum Gasteiger partial charge on any atom is 0.306 e. The van der Waals surface area contributed by atoms with Gasteiger partial charge in [0.1, 0.15) is 6.04 Å². The first-order chi connectivity index (χ1) is 9.45. The highest BCUT2D eigenvalue weighted by Crippen LogP contribution is 2.31. The molecule has 0 saturated heterocycles. The summed E-state index contributed by atoms with van der Waals surface area (Å²) in [6.07, 6.45) is 1.42. The molecule has 2 amide bonds. The standard InChI is InChI=1S/C13H22N2O5/c1-8(11(16)14-5-6-20-2)15-12(17)9-3-4-10(7-9)13(18)19/h8-10H,3-7H2,1-2H3,(H,14,16)(H,15,17)(H,18,19)/t8?,9-,10+/m1/s1. The van der Waals surface area contributed by atoms with Crippen molar-refractivity contribution in [1.82, 2.24) is 10.6 Å². The van der Waals surface area contributed by atoms with Crippen LogP contribution in [0.3, 0.4) is 0 Å². The number of carbonyl (C=O) groups excluding carboxylic acids is 2. The molecule has 3 atom stereocenters. The van der Waals surface area contributed by atoms with Crippen molar-refractivity contribution in [2.45, 2.75) is 32.2 Å². The van der Waals surface area contributed by atoms with Crippen LogP contribution in [-0.4, -0.2) is 49.2 Å². The summed E-state index contributed by atoms with van der Waals surface area (Å²) < 4.78 is 4.81. The van der Waals surface area contributed by atoms with Gasteiger partial charge in [-0.1, -0.05) is 0 Å². The topological polar surface area (TPSA) is 105 Å². The lowest BCUT2D eigenvalue weighted by molar-refractivity contribution is -0.141. The number of carboxylic acids is 1. The van der Waals surface area contributed by atoms with Crippen molar-refractivity contribution < 1.29 is 24.2 Å². The molecule has 0 bridgehead atoms. The molecular formula is C13H22N2O5. The summed E-state index contributed by atoms with van der Waals surface area (Å²) in [5.74, 6) is -2.14. The number of aliphatic carboxylic acids is 1. The first-order valence-electron chi connectivity index (χ1n) is 6.75. The lowest BCUT2D eigenvalue weighted by atomic mass is 10.0. The van der Waals surface area contributed by atoms with Gasteiger partial charge in [-0.25, -0.2) is 0 Å². The maximum atomic E-state index is 11.9. The predicted molar refractivity (Wildman–Crippen MR) is 71.0 cm³/mol. The molecular weight excluding hydrogens is 264 g/mol. The third-order valence-electron chi connectivity index (χ3n) is 3.51. The molecule has 1 aliphatic rings. The van der Waals surface area contributed by atoms with Gasteiger partial charge in [-0.2, -0.15) is 0 Å². The van der Waals surface area contributed by atoms with Crippen molar-refractivity contribution >= 4 is 17.8 Å². The molecule has 7 heteroatoms. The van der Waals surface area contributed by atoms with Crippen molar-refractivity contribution in [2.75, 3.05) is 20.3 Å². The van der Waals surface area contributed by atoms with Crippen LogP contribution in [0, 0.1) is 11.8 Å². The van der Waals surface area contributed by atoms with Gasteiger partial charge < -0.3 is 20.5 Å². The Morgan fingerprint density at radius 1 is 1.30 bits per heavy atom. The highest BCUT2D eigenvalue weighted by Gasteiger charge is 2.34. The van der Waals surface area contributed by atoms with Gasteiger partial charge in [0.15, 0.2) is 0 Å². The van der Waals surface area contributed by atoms with Gasteiger partial charge in [-0.15, -0.1) is 0 Å². The van der Waals surface area contributed by atoms with Crippen molar-refractivity contribution in [2.24, 2.45) is 11.8 Å². The third-order valence-corrected chi connectivity index (χ3v) is 3.51. The van der Waals surface area contributed by atoms with Gasteiger partial charge in [0.05, 0.1) is 12.5 Å². The van der Waals surface area contributed by atoms with E-state index in [1.54, 1.807) is 6.92 Å². The second-order valence-corrected chi connectivity index (χ2v) is 5.06. The molecule has 3 N–H and O–H groups in total. The Kier molecular flexibility index (Phi) is 6.44. The molecule has 0 spiro atoms. The van der Waals surface area contributed by atoms with E-state index in [0.717, 1.165) is 0 Å². The van der Waals surface area contributed by atoms with Gasteiger partial charge in [-0.3, -0.25) is 14.4 Å². The van der Waals surface area contributed by atoms with Crippen LogP contribution in [0.1, 0.15) is 26.2 Å². The summed E-state index contributed by atoms with van der Waals surface area (Å²) in [4.78, 5) is 34.5. The van der Waals surface area contributed by atoms with Crippen LogP contribution in [-0.2, 0) is 19.1 Å². The van der Waals surface area contributed by atoms with Crippen LogP contribution in [0.5, 0.6) is 0 Å². The summed E-state index contributed by atoms with van der Waals surface area (Å²) >= 11 is 0. The van der Waals surface area contributed by atoms with E-state index in [2.05, 4.69) is 10.6 Å². The van der Waals surface area contributed by atoms with Gasteiger partial charge in [0.2, 0.25) is 11.8 Å². The molecule has 7 nitrogen and oxygen atoms in total. The zero-order valence-corrected chi connectivity index (χ0v) is 11.8. The molecule has 20 heavy (non-hydrogen) atoms. The van der Waals surface area contributed by atoms with Crippen LogP contribution in [0.2, 0.25) is 0 Å². The average Bonchev–Trinajstić information content (AvgIpc) is 2.88. The summed E-state index contributed by atoms with van der Waals surface area (Å²) in [5, 5.41) is 14.2. The van der Waals surface area contributed by atoms with Crippen molar-refractivity contribution in [3.8, 4) is 0 Å². The Balaban J connectivity index is 2.34. The SMILES string of the molecule is COCCNC(=O)C(C)NC(=O)[C@@H]1CC[C@H](C(=O)O)C1. The van der Waals surface area contributed by atoms with E-state index < -0.39 is 17.9 Å². The Labute approximate surface area is 118 Å². The summed E-state index contributed by atoms with van der Waals surface area (Å²) in [5.41, 5.74) is 0. The van der Waals surface area contributed by atoms with E-state index in [1.807, 2.05) is 0 Å². The minimum atomic E-state index is -0.856. The Hall–Kier alpha value is -1.63. The number of amides is 2. The molecule has 0 aliphatic heterocycles. The van der Waals surface area contributed by atoms with Gasteiger partial charge >= 0.3 is 5.97 Å². The number of carboxylic acid groups (broad SMARTS) is 1. The fourth-order valence-corrected chi connectivity index (χ4v) is 2.27. The highest BCUT2D eigenvalue weighted by atomic mass is 16.5. The minimum Gasteiger partial charge on any atom is -0.481 e. The monoisotopic (exact) mass is 286 g/mol. The predicted octanol–water partition coefficient (Wildman–Crippen LogP) is -0.245. The molecule has 0 aromatic heterocycles. The van der Waals surface area contributed by atoms with Crippen molar-refractivity contribution in [3.63, 3.8) is 0 Å². The fraction of sp³-hybridized carbons (Fsp3) is 0.769. The fourth-order valence-electron chi connectivity index (χ4n) is 2.27. The minimum absolute atomic E-state index is 0.247. The van der Waals surface area contributed by atoms with E-state index in [9.17, 15) is 14.4 Å². The highest BCUT2D eigenvalue weighted by molar-refractivity contribution is 5.88. The Bertz CT molecular complexity index is 372. The van der Waals surface area contributed by atoms with E-state index in [4.69, 9.17) is 9.84 Å².